The number of nitrogens with zero attached hydrogens (tertiary/aromatic N) is 2. The van der Waals surface area contributed by atoms with E-state index in [9.17, 15) is 0 Å². The lowest BCUT2D eigenvalue weighted by Gasteiger charge is -2.17. The first kappa shape index (κ1) is 12.4. The van der Waals surface area contributed by atoms with Crippen molar-refractivity contribution in [3.05, 3.63) is 40.0 Å². The van der Waals surface area contributed by atoms with Crippen LogP contribution in [0.2, 0.25) is 5.02 Å². The molecule has 1 aromatic carbocycles. The maximum atomic E-state index is 6.24. The molecule has 2 aliphatic rings. The van der Waals surface area contributed by atoms with Crippen LogP contribution >= 0.6 is 23.4 Å². The zero-order valence-corrected chi connectivity index (χ0v) is 12.6. The van der Waals surface area contributed by atoms with Crippen LogP contribution in [0.25, 0.3) is 16.7 Å². The second-order valence-corrected chi connectivity index (χ2v) is 6.27. The summed E-state index contributed by atoms with van der Waals surface area (Å²) in [5, 5.41) is 2.82. The summed E-state index contributed by atoms with van der Waals surface area (Å²) in [6, 6.07) is 5.93. The quantitative estimate of drug-likeness (QED) is 0.813. The third-order valence-electron chi connectivity index (χ3n) is 3.69. The summed E-state index contributed by atoms with van der Waals surface area (Å²) < 4.78 is 5.69. The monoisotopic (exact) mass is 304 g/mol. The Hall–Kier alpha value is -1.39. The molecule has 0 unspecified atom stereocenters. The van der Waals surface area contributed by atoms with Crippen molar-refractivity contribution in [3.8, 4) is 0 Å². The lowest BCUT2D eigenvalue weighted by Crippen LogP contribution is -2.20. The first-order valence-corrected chi connectivity index (χ1v) is 7.88. The molecule has 0 saturated heterocycles. The molecule has 4 rings (SSSR count). The fourth-order valence-electron chi connectivity index (χ4n) is 2.78. The molecule has 0 atom stereocenters. The van der Waals surface area contributed by atoms with Gasteiger partial charge < -0.3 is 9.32 Å². The molecule has 3 nitrogen and oxygen atoms in total. The highest BCUT2D eigenvalue weighted by molar-refractivity contribution is 8.17. The number of thioether (sulfide) groups is 1. The summed E-state index contributed by atoms with van der Waals surface area (Å²) in [5.74, 6) is 0. The van der Waals surface area contributed by atoms with Crippen LogP contribution in [0.3, 0.4) is 0 Å². The van der Waals surface area contributed by atoms with Gasteiger partial charge in [-0.3, -0.25) is 4.99 Å². The highest BCUT2D eigenvalue weighted by Crippen LogP contribution is 2.45. The van der Waals surface area contributed by atoms with E-state index in [4.69, 9.17) is 16.0 Å². The van der Waals surface area contributed by atoms with Gasteiger partial charge in [-0.2, -0.15) is 0 Å². The number of allylic oxidation sites excluding steroid dienone is 1. The van der Waals surface area contributed by atoms with Crippen molar-refractivity contribution in [1.82, 2.24) is 4.90 Å². The maximum Gasteiger partial charge on any atom is 0.168 e. The highest BCUT2D eigenvalue weighted by Gasteiger charge is 2.33. The Balaban J connectivity index is 1.96. The van der Waals surface area contributed by atoms with Crippen molar-refractivity contribution in [3.63, 3.8) is 0 Å². The van der Waals surface area contributed by atoms with Crippen LogP contribution < -0.4 is 0 Å². The molecule has 20 heavy (non-hydrogen) atoms. The largest absolute Gasteiger partial charge is 0.464 e. The molecule has 1 aromatic heterocycles. The molecule has 0 fully saturated rings. The normalized spacial score (nSPS) is 18.1. The zero-order chi connectivity index (χ0) is 13.7. The van der Waals surface area contributed by atoms with Crippen molar-refractivity contribution < 1.29 is 4.42 Å². The third-order valence-corrected chi connectivity index (χ3v) is 5.28. The lowest BCUT2D eigenvalue weighted by atomic mass is 10.1. The van der Waals surface area contributed by atoms with E-state index in [0.29, 0.717) is 0 Å². The Labute approximate surface area is 126 Å². The van der Waals surface area contributed by atoms with E-state index in [0.717, 1.165) is 46.2 Å². The Morgan fingerprint density at radius 3 is 3.15 bits per heavy atom. The third kappa shape index (κ3) is 1.64. The van der Waals surface area contributed by atoms with Crippen molar-refractivity contribution in [1.29, 1.82) is 0 Å². The minimum atomic E-state index is 0.733. The van der Waals surface area contributed by atoms with E-state index in [1.54, 1.807) is 18.0 Å². The number of rotatable bonds is 2. The first-order valence-electron chi connectivity index (χ1n) is 6.68. The second kappa shape index (κ2) is 4.57. The molecule has 0 radical (unpaired) electrons. The summed E-state index contributed by atoms with van der Waals surface area (Å²) in [7, 11) is 0. The average molecular weight is 305 g/mol. The Morgan fingerprint density at radius 2 is 2.30 bits per heavy atom. The van der Waals surface area contributed by atoms with E-state index in [1.807, 2.05) is 12.1 Å². The maximum absolute atomic E-state index is 6.24. The predicted octanol–water partition coefficient (Wildman–Crippen LogP) is 4.58. The Morgan fingerprint density at radius 1 is 1.40 bits per heavy atom. The highest BCUT2D eigenvalue weighted by atomic mass is 35.5. The summed E-state index contributed by atoms with van der Waals surface area (Å²) in [5.41, 5.74) is 3.23. The van der Waals surface area contributed by atoms with Crippen molar-refractivity contribution in [2.75, 3.05) is 13.1 Å². The van der Waals surface area contributed by atoms with Crippen molar-refractivity contribution in [2.24, 2.45) is 4.99 Å². The molecule has 0 bridgehead atoms. The number of aliphatic imine (C=N–C) groups is 1. The van der Waals surface area contributed by atoms with Gasteiger partial charge in [0.25, 0.3) is 0 Å². The number of fused-ring (bicyclic) bond motifs is 2. The summed E-state index contributed by atoms with van der Waals surface area (Å²) in [4.78, 5) is 8.21. The van der Waals surface area contributed by atoms with Gasteiger partial charge in [-0.15, -0.1) is 0 Å². The van der Waals surface area contributed by atoms with Crippen LogP contribution in [0.15, 0.2) is 38.8 Å². The van der Waals surface area contributed by atoms with E-state index in [-0.39, 0.29) is 0 Å². The summed E-state index contributed by atoms with van der Waals surface area (Å²) in [6.07, 6.45) is 2.70. The van der Waals surface area contributed by atoms with Gasteiger partial charge in [0.1, 0.15) is 5.58 Å². The van der Waals surface area contributed by atoms with Gasteiger partial charge >= 0.3 is 0 Å². The van der Waals surface area contributed by atoms with Crippen molar-refractivity contribution in [2.45, 2.75) is 13.3 Å². The Kier molecular flexibility index (Phi) is 2.82. The van der Waals surface area contributed by atoms with Crippen LogP contribution in [0.4, 0.5) is 0 Å². The van der Waals surface area contributed by atoms with Crippen LogP contribution in [0.1, 0.15) is 18.9 Å². The van der Waals surface area contributed by atoms with E-state index < -0.39 is 0 Å². The molecular formula is C15H13ClN2OS. The fraction of sp³-hybridized carbons (Fsp3) is 0.267. The summed E-state index contributed by atoms with van der Waals surface area (Å²) in [6.45, 7) is 4.00. The molecule has 102 valence electrons. The molecule has 5 heteroatoms. The fourth-order valence-corrected chi connectivity index (χ4v) is 4.12. The SMILES string of the molecule is CCC1=C(c2ccc(Cl)c3ccoc23)N2CCN=C2S1. The zero-order valence-electron chi connectivity index (χ0n) is 11.0. The van der Waals surface area contributed by atoms with Crippen LogP contribution in [0, 0.1) is 0 Å². The molecule has 0 saturated carbocycles. The van der Waals surface area contributed by atoms with Crippen LogP contribution in [-0.4, -0.2) is 23.2 Å². The number of halogens is 1. The van der Waals surface area contributed by atoms with Gasteiger partial charge in [-0.25, -0.2) is 0 Å². The van der Waals surface area contributed by atoms with E-state index in [1.165, 1.54) is 10.6 Å². The second-order valence-electron chi connectivity index (χ2n) is 4.80. The molecule has 0 N–H and O–H groups in total. The predicted molar refractivity (Wildman–Crippen MR) is 85.0 cm³/mol. The van der Waals surface area contributed by atoms with Gasteiger partial charge in [-0.05, 0) is 24.6 Å². The number of amidine groups is 1. The van der Waals surface area contributed by atoms with E-state index in [2.05, 4.69) is 22.9 Å². The van der Waals surface area contributed by atoms with Crippen LogP contribution in [0.5, 0.6) is 0 Å². The smallest absolute Gasteiger partial charge is 0.168 e. The lowest BCUT2D eigenvalue weighted by molar-refractivity contribution is 0.608. The van der Waals surface area contributed by atoms with Crippen LogP contribution in [-0.2, 0) is 0 Å². The molecular weight excluding hydrogens is 292 g/mol. The standard InChI is InChI=1S/C15H13ClN2OS/c1-2-12-13(18-7-6-17-15(18)20-12)10-3-4-11(16)9-5-8-19-14(9)10/h3-5,8H,2,6-7H2,1H3. The first-order chi connectivity index (χ1) is 9.79. The number of benzene rings is 1. The Bertz CT molecular complexity index is 762. The van der Waals surface area contributed by atoms with Gasteiger partial charge in [0.05, 0.1) is 23.5 Å². The van der Waals surface area contributed by atoms with E-state index >= 15 is 0 Å². The minimum Gasteiger partial charge on any atom is -0.464 e. The average Bonchev–Trinajstić information content (AvgIpc) is 3.14. The molecule has 2 aromatic rings. The number of hydrogen-bond donors (Lipinski definition) is 0. The number of furan rings is 1. The van der Waals surface area contributed by atoms with Gasteiger partial charge in [0.2, 0.25) is 0 Å². The van der Waals surface area contributed by atoms with Gasteiger partial charge in [0, 0.05) is 22.4 Å². The van der Waals surface area contributed by atoms with Gasteiger partial charge in [-0.1, -0.05) is 30.3 Å². The molecule has 2 aliphatic heterocycles. The van der Waals surface area contributed by atoms with Gasteiger partial charge in [0.15, 0.2) is 5.17 Å². The number of hydrogen-bond acceptors (Lipinski definition) is 4. The molecule has 3 heterocycles. The molecule has 0 spiro atoms. The molecule has 0 aliphatic carbocycles. The molecule has 0 amide bonds. The summed E-state index contributed by atoms with van der Waals surface area (Å²) >= 11 is 8.02. The minimum absolute atomic E-state index is 0.733. The van der Waals surface area contributed by atoms with Crippen molar-refractivity contribution >= 4 is 45.2 Å². The topological polar surface area (TPSA) is 28.7 Å².